The SMILES string of the molecule is CC1=NN(c2ccc(C(=O)NCC3CCN(C)CC3)cc2)CC1. The van der Waals surface area contributed by atoms with Gasteiger partial charge >= 0.3 is 0 Å². The van der Waals surface area contributed by atoms with Crippen LogP contribution in [0.2, 0.25) is 0 Å². The molecule has 1 amide bonds. The molecular formula is C18H26N4O. The summed E-state index contributed by atoms with van der Waals surface area (Å²) in [6.45, 7) is 6.01. The monoisotopic (exact) mass is 314 g/mol. The number of nitrogens with one attached hydrogen (secondary N) is 1. The summed E-state index contributed by atoms with van der Waals surface area (Å²) in [6, 6.07) is 7.74. The molecule has 0 atom stereocenters. The molecule has 1 N–H and O–H groups in total. The number of carbonyl (C=O) groups excluding carboxylic acids is 1. The maximum atomic E-state index is 12.3. The van der Waals surface area contributed by atoms with Crippen molar-refractivity contribution in [2.75, 3.05) is 38.2 Å². The number of hydrogen-bond acceptors (Lipinski definition) is 4. The van der Waals surface area contributed by atoms with Crippen LogP contribution in [0.25, 0.3) is 0 Å². The van der Waals surface area contributed by atoms with Crippen molar-refractivity contribution < 1.29 is 4.79 Å². The van der Waals surface area contributed by atoms with Gasteiger partial charge in [-0.15, -0.1) is 0 Å². The molecule has 0 aromatic heterocycles. The lowest BCUT2D eigenvalue weighted by molar-refractivity contribution is 0.0939. The second kappa shape index (κ2) is 7.13. The number of anilines is 1. The summed E-state index contributed by atoms with van der Waals surface area (Å²) in [5, 5.41) is 9.56. The van der Waals surface area contributed by atoms with Gasteiger partial charge in [0.2, 0.25) is 0 Å². The zero-order chi connectivity index (χ0) is 16.2. The fraction of sp³-hybridized carbons (Fsp3) is 0.556. The fourth-order valence-electron chi connectivity index (χ4n) is 3.15. The third kappa shape index (κ3) is 4.10. The molecule has 23 heavy (non-hydrogen) atoms. The topological polar surface area (TPSA) is 47.9 Å². The van der Waals surface area contributed by atoms with Crippen molar-refractivity contribution in [3.8, 4) is 0 Å². The van der Waals surface area contributed by atoms with Gasteiger partial charge in [-0.05, 0) is 70.1 Å². The second-order valence-electron chi connectivity index (χ2n) is 6.71. The largest absolute Gasteiger partial charge is 0.352 e. The number of rotatable bonds is 4. The Bertz CT molecular complexity index is 573. The van der Waals surface area contributed by atoms with Gasteiger partial charge in [0, 0.05) is 30.8 Å². The van der Waals surface area contributed by atoms with Gasteiger partial charge in [-0.1, -0.05) is 0 Å². The number of hydrazone groups is 1. The van der Waals surface area contributed by atoms with Crippen LogP contribution >= 0.6 is 0 Å². The van der Waals surface area contributed by atoms with E-state index in [1.54, 1.807) is 0 Å². The third-order valence-electron chi connectivity index (χ3n) is 4.79. The molecule has 0 aliphatic carbocycles. The van der Waals surface area contributed by atoms with Crippen LogP contribution in [0.3, 0.4) is 0 Å². The van der Waals surface area contributed by atoms with E-state index >= 15 is 0 Å². The van der Waals surface area contributed by atoms with Crippen molar-refractivity contribution in [3.05, 3.63) is 29.8 Å². The number of benzene rings is 1. The van der Waals surface area contributed by atoms with Crippen LogP contribution in [-0.2, 0) is 0 Å². The number of carbonyl (C=O) groups is 1. The molecule has 0 saturated carbocycles. The van der Waals surface area contributed by atoms with Gasteiger partial charge in [0.25, 0.3) is 5.91 Å². The molecule has 0 unspecified atom stereocenters. The van der Waals surface area contributed by atoms with Crippen molar-refractivity contribution in [2.45, 2.75) is 26.2 Å². The van der Waals surface area contributed by atoms with Crippen molar-refractivity contribution in [1.82, 2.24) is 10.2 Å². The Kier molecular flexibility index (Phi) is 4.96. The first-order chi connectivity index (χ1) is 11.1. The predicted molar refractivity (Wildman–Crippen MR) is 94.1 cm³/mol. The summed E-state index contributed by atoms with van der Waals surface area (Å²) in [5.74, 6) is 0.632. The van der Waals surface area contributed by atoms with Crippen LogP contribution in [0, 0.1) is 5.92 Å². The highest BCUT2D eigenvalue weighted by molar-refractivity contribution is 5.94. The molecule has 1 fully saturated rings. The number of amides is 1. The molecular weight excluding hydrogens is 288 g/mol. The van der Waals surface area contributed by atoms with Gasteiger partial charge in [-0.25, -0.2) is 0 Å². The predicted octanol–water partition coefficient (Wildman–Crippen LogP) is 2.34. The normalized spacial score (nSPS) is 19.7. The zero-order valence-corrected chi connectivity index (χ0v) is 14.1. The van der Waals surface area contributed by atoms with E-state index in [1.807, 2.05) is 36.2 Å². The molecule has 5 nitrogen and oxygen atoms in total. The van der Waals surface area contributed by atoms with Crippen molar-refractivity contribution in [2.24, 2.45) is 11.0 Å². The van der Waals surface area contributed by atoms with E-state index in [2.05, 4.69) is 22.4 Å². The van der Waals surface area contributed by atoms with Gasteiger partial charge in [-0.2, -0.15) is 5.10 Å². The lowest BCUT2D eigenvalue weighted by Gasteiger charge is -2.28. The van der Waals surface area contributed by atoms with E-state index in [9.17, 15) is 4.79 Å². The molecule has 2 aliphatic heterocycles. The molecule has 2 aliphatic rings. The Balaban J connectivity index is 1.51. The third-order valence-corrected chi connectivity index (χ3v) is 4.79. The number of likely N-dealkylation sites (tertiary alicyclic amines) is 1. The van der Waals surface area contributed by atoms with E-state index in [0.29, 0.717) is 5.92 Å². The average Bonchev–Trinajstić information content (AvgIpc) is 3.01. The average molecular weight is 314 g/mol. The van der Waals surface area contributed by atoms with Crippen molar-refractivity contribution in [1.29, 1.82) is 0 Å². The first kappa shape index (κ1) is 16.0. The smallest absolute Gasteiger partial charge is 0.251 e. The lowest BCUT2D eigenvalue weighted by atomic mass is 9.97. The fourth-order valence-corrected chi connectivity index (χ4v) is 3.15. The van der Waals surface area contributed by atoms with Crippen LogP contribution in [0.15, 0.2) is 29.4 Å². The summed E-state index contributed by atoms with van der Waals surface area (Å²) < 4.78 is 0. The lowest BCUT2D eigenvalue weighted by Crippen LogP contribution is -2.36. The molecule has 1 aromatic rings. The Morgan fingerprint density at radius 3 is 2.52 bits per heavy atom. The Morgan fingerprint density at radius 1 is 1.22 bits per heavy atom. The molecule has 124 valence electrons. The maximum Gasteiger partial charge on any atom is 0.251 e. The summed E-state index contributed by atoms with van der Waals surface area (Å²) >= 11 is 0. The molecule has 0 radical (unpaired) electrons. The van der Waals surface area contributed by atoms with E-state index in [-0.39, 0.29) is 5.91 Å². The number of nitrogens with zero attached hydrogens (tertiary/aromatic N) is 3. The summed E-state index contributed by atoms with van der Waals surface area (Å²) in [7, 11) is 2.16. The summed E-state index contributed by atoms with van der Waals surface area (Å²) in [5.41, 5.74) is 2.93. The molecule has 0 spiro atoms. The van der Waals surface area contributed by atoms with Gasteiger partial charge < -0.3 is 10.2 Å². The van der Waals surface area contributed by atoms with Gasteiger partial charge in [0.1, 0.15) is 0 Å². The van der Waals surface area contributed by atoms with Gasteiger partial charge in [0.15, 0.2) is 0 Å². The maximum absolute atomic E-state index is 12.3. The highest BCUT2D eigenvalue weighted by atomic mass is 16.1. The molecule has 1 saturated heterocycles. The van der Waals surface area contributed by atoms with E-state index in [1.165, 1.54) is 12.8 Å². The Labute approximate surface area is 138 Å². The minimum Gasteiger partial charge on any atom is -0.352 e. The van der Waals surface area contributed by atoms with E-state index in [0.717, 1.165) is 49.6 Å². The van der Waals surface area contributed by atoms with Crippen LogP contribution in [-0.4, -0.2) is 49.7 Å². The van der Waals surface area contributed by atoms with Crippen LogP contribution in [0.4, 0.5) is 5.69 Å². The standard InChI is InChI=1S/C18H26N4O/c1-14-7-12-22(20-14)17-5-3-16(4-6-17)18(23)19-13-15-8-10-21(2)11-9-15/h3-6,15H,7-13H2,1-2H3,(H,19,23). The highest BCUT2D eigenvalue weighted by Gasteiger charge is 2.18. The van der Waals surface area contributed by atoms with Crippen LogP contribution in [0.1, 0.15) is 36.5 Å². The molecule has 1 aromatic carbocycles. The van der Waals surface area contributed by atoms with Crippen LogP contribution < -0.4 is 10.3 Å². The number of hydrogen-bond donors (Lipinski definition) is 1. The Hall–Kier alpha value is -1.88. The van der Waals surface area contributed by atoms with Crippen molar-refractivity contribution >= 4 is 17.3 Å². The Morgan fingerprint density at radius 2 is 1.91 bits per heavy atom. The van der Waals surface area contributed by atoms with Gasteiger partial charge in [0.05, 0.1) is 5.69 Å². The van der Waals surface area contributed by atoms with E-state index < -0.39 is 0 Å². The first-order valence-electron chi connectivity index (χ1n) is 8.50. The molecule has 5 heteroatoms. The minimum absolute atomic E-state index is 0.0246. The second-order valence-corrected chi connectivity index (χ2v) is 6.71. The minimum atomic E-state index is 0.0246. The van der Waals surface area contributed by atoms with E-state index in [4.69, 9.17) is 0 Å². The molecule has 0 bridgehead atoms. The molecule has 2 heterocycles. The first-order valence-corrected chi connectivity index (χ1v) is 8.50. The highest BCUT2D eigenvalue weighted by Crippen LogP contribution is 2.20. The molecule has 3 rings (SSSR count). The zero-order valence-electron chi connectivity index (χ0n) is 14.1. The summed E-state index contributed by atoms with van der Waals surface area (Å²) in [6.07, 6.45) is 3.35. The van der Waals surface area contributed by atoms with Gasteiger partial charge in [-0.3, -0.25) is 9.80 Å². The number of piperidine rings is 1. The summed E-state index contributed by atoms with van der Waals surface area (Å²) in [4.78, 5) is 14.6. The van der Waals surface area contributed by atoms with Crippen LogP contribution in [0.5, 0.6) is 0 Å². The quantitative estimate of drug-likeness (QED) is 0.928. The van der Waals surface area contributed by atoms with Crippen molar-refractivity contribution in [3.63, 3.8) is 0 Å².